The van der Waals surface area contributed by atoms with Crippen LogP contribution < -0.4 is 9.64 Å². The Morgan fingerprint density at radius 2 is 2.00 bits per heavy atom. The summed E-state index contributed by atoms with van der Waals surface area (Å²) in [4.78, 5) is 34.5. The smallest absolute Gasteiger partial charge is 0.296 e. The topological polar surface area (TPSA) is 68.7 Å². The van der Waals surface area contributed by atoms with E-state index in [0.717, 1.165) is 41.8 Å². The summed E-state index contributed by atoms with van der Waals surface area (Å²) in [5.41, 5.74) is 2.18. The monoisotopic (exact) mass is 424 g/mol. The average molecular weight is 425 g/mol. The van der Waals surface area contributed by atoms with Crippen LogP contribution in [0.5, 0.6) is 5.75 Å². The van der Waals surface area contributed by atoms with Crippen molar-refractivity contribution in [1.29, 1.82) is 0 Å². The number of nitrogens with zero attached hydrogens (tertiary/aromatic N) is 2. The maximum Gasteiger partial charge on any atom is 0.296 e. The van der Waals surface area contributed by atoms with Crippen LogP contribution in [-0.2, 0) is 14.3 Å². The molecule has 30 heavy (non-hydrogen) atoms. The molecule has 0 N–H and O–H groups in total. The third-order valence-corrected chi connectivity index (χ3v) is 7.47. The molecule has 1 aromatic heterocycles. The Morgan fingerprint density at radius 3 is 2.73 bits per heavy atom. The molecule has 1 aromatic carbocycles. The number of thiazole rings is 1. The molecule has 3 unspecified atom stereocenters. The van der Waals surface area contributed by atoms with Gasteiger partial charge in [0.25, 0.3) is 5.91 Å². The number of aryl methyl sites for hydroxylation is 2. The van der Waals surface area contributed by atoms with E-state index in [4.69, 9.17) is 9.47 Å². The van der Waals surface area contributed by atoms with Crippen LogP contribution in [0.2, 0.25) is 0 Å². The number of rotatable bonds is 3. The number of hydrogen-bond donors (Lipinski definition) is 0. The first-order valence-electron chi connectivity index (χ1n) is 10.4. The van der Waals surface area contributed by atoms with Crippen molar-refractivity contribution in [3.63, 3.8) is 0 Å². The zero-order chi connectivity index (χ0) is 21.0. The molecule has 1 aliphatic carbocycles. The highest BCUT2D eigenvalue weighted by atomic mass is 32.1. The molecule has 6 nitrogen and oxygen atoms in total. The second-order valence-corrected chi connectivity index (χ2v) is 9.33. The largest absolute Gasteiger partial charge is 0.497 e. The van der Waals surface area contributed by atoms with E-state index >= 15 is 0 Å². The Hall–Kier alpha value is -2.67. The maximum absolute atomic E-state index is 13.6. The minimum absolute atomic E-state index is 0.0506. The molecule has 7 heteroatoms. The van der Waals surface area contributed by atoms with Gasteiger partial charge in [-0.05, 0) is 50.8 Å². The molecule has 3 heterocycles. The number of Topliss-reactive ketones (excluding diaryl/α,β-unsaturated/α-hetero) is 1. The Kier molecular flexibility index (Phi) is 4.65. The summed E-state index contributed by atoms with van der Waals surface area (Å²) in [5.74, 6) is 0.498. The molecular formula is C23H24N2O4S. The van der Waals surface area contributed by atoms with Crippen LogP contribution in [0.1, 0.15) is 47.9 Å². The molecule has 3 aliphatic rings. The summed E-state index contributed by atoms with van der Waals surface area (Å²) in [6, 6.07) is 6.99. The molecule has 1 amide bonds. The fourth-order valence-electron chi connectivity index (χ4n) is 4.73. The number of anilines is 1. The highest BCUT2D eigenvalue weighted by Crippen LogP contribution is 2.49. The Morgan fingerprint density at radius 1 is 1.20 bits per heavy atom. The van der Waals surface area contributed by atoms with E-state index in [1.807, 2.05) is 38.1 Å². The van der Waals surface area contributed by atoms with Gasteiger partial charge in [-0.15, -0.1) is 11.3 Å². The second-order valence-electron chi connectivity index (χ2n) is 8.15. The van der Waals surface area contributed by atoms with Gasteiger partial charge in [-0.1, -0.05) is 18.6 Å². The average Bonchev–Trinajstić information content (AvgIpc) is 3.24. The zero-order valence-electron chi connectivity index (χ0n) is 17.3. The predicted molar refractivity (Wildman–Crippen MR) is 114 cm³/mol. The fraction of sp³-hybridized carbons (Fsp3) is 0.435. The van der Waals surface area contributed by atoms with Crippen molar-refractivity contribution in [2.24, 2.45) is 5.92 Å². The molecule has 2 aliphatic heterocycles. The van der Waals surface area contributed by atoms with E-state index in [-0.39, 0.29) is 29.5 Å². The summed E-state index contributed by atoms with van der Waals surface area (Å²) in [7, 11) is 1.61. The summed E-state index contributed by atoms with van der Waals surface area (Å²) >= 11 is 1.47. The molecule has 0 saturated heterocycles. The van der Waals surface area contributed by atoms with Crippen molar-refractivity contribution >= 4 is 28.2 Å². The van der Waals surface area contributed by atoms with Crippen LogP contribution in [0.4, 0.5) is 5.13 Å². The van der Waals surface area contributed by atoms with Crippen LogP contribution in [0.15, 0.2) is 35.6 Å². The molecule has 3 atom stereocenters. The van der Waals surface area contributed by atoms with E-state index < -0.39 is 6.04 Å². The van der Waals surface area contributed by atoms with E-state index in [1.54, 1.807) is 12.0 Å². The number of amides is 1. The van der Waals surface area contributed by atoms with Gasteiger partial charge in [-0.25, -0.2) is 4.98 Å². The Balaban J connectivity index is 1.67. The van der Waals surface area contributed by atoms with Crippen LogP contribution >= 0.6 is 11.3 Å². The number of carbonyl (C=O) groups is 2. The standard InChI is InChI=1S/C23H24N2O4S/c1-12-13(2)30-23(24-12)25-19(14-7-6-8-15(11-14)28-3)18-20(26)16-9-4-5-10-17(16)29-21(18)22(25)27/h6-8,11,16-17,19H,4-5,9-10H2,1-3H3. The number of ether oxygens (including phenoxy) is 2. The third kappa shape index (κ3) is 2.87. The Labute approximate surface area is 179 Å². The lowest BCUT2D eigenvalue weighted by molar-refractivity contribution is -0.131. The van der Waals surface area contributed by atoms with Gasteiger partial charge in [0.15, 0.2) is 16.7 Å². The molecule has 0 bridgehead atoms. The summed E-state index contributed by atoms with van der Waals surface area (Å²) in [6.07, 6.45) is 3.48. The lowest BCUT2D eigenvalue weighted by Gasteiger charge is -2.35. The van der Waals surface area contributed by atoms with Crippen molar-refractivity contribution in [3.05, 3.63) is 51.7 Å². The molecule has 1 saturated carbocycles. The van der Waals surface area contributed by atoms with Gasteiger partial charge in [-0.2, -0.15) is 0 Å². The second kappa shape index (κ2) is 7.23. The van der Waals surface area contributed by atoms with Crippen molar-refractivity contribution < 1.29 is 19.1 Å². The fourth-order valence-corrected chi connectivity index (χ4v) is 5.66. The van der Waals surface area contributed by atoms with E-state index in [1.165, 1.54) is 11.3 Å². The predicted octanol–water partition coefficient (Wildman–Crippen LogP) is 4.27. The zero-order valence-corrected chi connectivity index (χ0v) is 18.1. The number of ketones is 1. The van der Waals surface area contributed by atoms with Crippen LogP contribution in [0.3, 0.4) is 0 Å². The van der Waals surface area contributed by atoms with Crippen molar-refractivity contribution in [2.45, 2.75) is 51.7 Å². The number of hydrogen-bond acceptors (Lipinski definition) is 6. The Bertz CT molecular complexity index is 1050. The van der Waals surface area contributed by atoms with Gasteiger partial charge < -0.3 is 9.47 Å². The van der Waals surface area contributed by atoms with Crippen molar-refractivity contribution in [3.8, 4) is 5.75 Å². The van der Waals surface area contributed by atoms with E-state index in [2.05, 4.69) is 4.98 Å². The normalized spacial score (nSPS) is 25.8. The molecule has 1 fully saturated rings. The summed E-state index contributed by atoms with van der Waals surface area (Å²) < 4.78 is 11.6. The van der Waals surface area contributed by atoms with Gasteiger partial charge in [0.2, 0.25) is 0 Å². The van der Waals surface area contributed by atoms with Crippen LogP contribution in [-0.4, -0.2) is 29.9 Å². The van der Waals surface area contributed by atoms with Crippen molar-refractivity contribution in [1.82, 2.24) is 4.98 Å². The molecule has 2 aromatic rings. The first-order chi connectivity index (χ1) is 14.5. The highest BCUT2D eigenvalue weighted by molar-refractivity contribution is 7.15. The number of benzene rings is 1. The first-order valence-corrected chi connectivity index (χ1v) is 11.2. The molecule has 0 spiro atoms. The molecule has 156 valence electrons. The lowest BCUT2D eigenvalue weighted by atomic mass is 9.77. The SMILES string of the molecule is COc1cccc(C2C3=C(OC4CCCCC4C3=O)C(=O)N2c2nc(C)c(C)s2)c1. The summed E-state index contributed by atoms with van der Waals surface area (Å²) in [5, 5.41) is 0.594. The van der Waals surface area contributed by atoms with E-state index in [0.29, 0.717) is 16.5 Å². The quantitative estimate of drug-likeness (QED) is 0.736. The van der Waals surface area contributed by atoms with Gasteiger partial charge in [0, 0.05) is 4.88 Å². The molecule has 5 rings (SSSR count). The molecular weight excluding hydrogens is 400 g/mol. The van der Waals surface area contributed by atoms with Gasteiger partial charge >= 0.3 is 0 Å². The van der Waals surface area contributed by atoms with E-state index in [9.17, 15) is 9.59 Å². The van der Waals surface area contributed by atoms with Crippen LogP contribution in [0.25, 0.3) is 0 Å². The van der Waals surface area contributed by atoms with Gasteiger partial charge in [-0.3, -0.25) is 14.5 Å². The minimum Gasteiger partial charge on any atom is -0.497 e. The third-order valence-electron chi connectivity index (χ3n) is 6.40. The number of methoxy groups -OCH3 is 1. The van der Waals surface area contributed by atoms with Crippen molar-refractivity contribution in [2.75, 3.05) is 12.0 Å². The van der Waals surface area contributed by atoms with Crippen LogP contribution in [0, 0.1) is 19.8 Å². The number of carbonyl (C=O) groups excluding carboxylic acids is 2. The minimum atomic E-state index is -0.553. The maximum atomic E-state index is 13.6. The molecule has 0 radical (unpaired) electrons. The highest BCUT2D eigenvalue weighted by Gasteiger charge is 2.53. The number of fused-ring (bicyclic) bond motifs is 1. The van der Waals surface area contributed by atoms with Gasteiger partial charge in [0.1, 0.15) is 11.9 Å². The van der Waals surface area contributed by atoms with Gasteiger partial charge in [0.05, 0.1) is 30.3 Å². The lowest BCUT2D eigenvalue weighted by Crippen LogP contribution is -2.39. The summed E-state index contributed by atoms with van der Waals surface area (Å²) in [6.45, 7) is 3.92. The number of aromatic nitrogens is 1. The first kappa shape index (κ1) is 19.3.